The maximum Gasteiger partial charge on any atom is 0.336 e. The van der Waals surface area contributed by atoms with Gasteiger partial charge in [0.25, 0.3) is 0 Å². The summed E-state index contributed by atoms with van der Waals surface area (Å²) >= 11 is 0. The summed E-state index contributed by atoms with van der Waals surface area (Å²) in [6.07, 6.45) is 1.12. The first-order valence-electron chi connectivity index (χ1n) is 13.1. The van der Waals surface area contributed by atoms with Crippen molar-refractivity contribution in [3.05, 3.63) is 82.2 Å². The molecule has 0 unspecified atom stereocenters. The molecule has 0 saturated heterocycles. The van der Waals surface area contributed by atoms with Crippen LogP contribution in [0.4, 0.5) is 0 Å². The first kappa shape index (κ1) is 27.5. The molecular weight excluding hydrogens is 482 g/mol. The van der Waals surface area contributed by atoms with E-state index >= 15 is 0 Å². The van der Waals surface area contributed by atoms with E-state index in [-0.39, 0.29) is 17.8 Å². The number of esters is 1. The molecule has 0 radical (unpaired) electrons. The van der Waals surface area contributed by atoms with Gasteiger partial charge in [-0.3, -0.25) is 4.79 Å². The zero-order valence-electron chi connectivity index (χ0n) is 22.9. The van der Waals surface area contributed by atoms with Crippen molar-refractivity contribution < 1.29 is 28.5 Å². The Morgan fingerprint density at radius 2 is 1.82 bits per heavy atom. The van der Waals surface area contributed by atoms with E-state index in [1.807, 2.05) is 62.4 Å². The molecule has 1 aliphatic carbocycles. The second-order valence-electron chi connectivity index (χ2n) is 10.4. The zero-order chi connectivity index (χ0) is 27.3. The molecule has 1 aliphatic heterocycles. The van der Waals surface area contributed by atoms with Crippen LogP contribution in [0.5, 0.6) is 11.5 Å². The fourth-order valence-corrected chi connectivity index (χ4v) is 5.17. The Kier molecular flexibility index (Phi) is 8.57. The molecule has 0 fully saturated rings. The van der Waals surface area contributed by atoms with Crippen molar-refractivity contribution in [2.24, 2.45) is 5.41 Å². The summed E-state index contributed by atoms with van der Waals surface area (Å²) in [6, 6.07) is 15.5. The molecule has 7 nitrogen and oxygen atoms in total. The average molecular weight is 520 g/mol. The highest BCUT2D eigenvalue weighted by molar-refractivity contribution is 6.04. The summed E-state index contributed by atoms with van der Waals surface area (Å²) in [5, 5.41) is 3.37. The van der Waals surface area contributed by atoms with Crippen LogP contribution in [0.15, 0.2) is 71.1 Å². The molecule has 0 amide bonds. The van der Waals surface area contributed by atoms with Crippen molar-refractivity contribution >= 4 is 11.8 Å². The van der Waals surface area contributed by atoms with Gasteiger partial charge in [0, 0.05) is 35.9 Å². The predicted octanol–water partition coefficient (Wildman–Crippen LogP) is 5.46. The third kappa shape index (κ3) is 6.10. The van der Waals surface area contributed by atoms with Crippen LogP contribution < -0.4 is 14.8 Å². The number of benzene rings is 2. The lowest BCUT2D eigenvalue weighted by Crippen LogP contribution is -2.38. The molecule has 0 aromatic heterocycles. The molecule has 0 saturated carbocycles. The van der Waals surface area contributed by atoms with E-state index < -0.39 is 11.9 Å². The maximum atomic E-state index is 13.5. The van der Waals surface area contributed by atoms with Gasteiger partial charge in [0.1, 0.15) is 13.2 Å². The van der Waals surface area contributed by atoms with Crippen LogP contribution in [-0.2, 0) is 25.7 Å². The molecule has 0 spiro atoms. The number of Topliss-reactive ketones (excluding diaryl/α,β-unsaturated/α-hetero) is 1. The number of nitrogens with one attached hydrogen (secondary N) is 1. The smallest absolute Gasteiger partial charge is 0.336 e. The number of ether oxygens (including phenoxy) is 4. The van der Waals surface area contributed by atoms with Gasteiger partial charge < -0.3 is 24.3 Å². The van der Waals surface area contributed by atoms with E-state index in [1.54, 1.807) is 7.11 Å². The van der Waals surface area contributed by atoms with E-state index in [2.05, 4.69) is 19.2 Å². The standard InChI is InChI=1S/C31H37NO6/c1-6-36-14-15-37-30(34)27-20(2)32-23-17-31(3,4)18-24(33)29(23)28(27)22-12-13-25(26(16-22)35-5)38-19-21-10-8-7-9-11-21/h7-13,16,28,32H,6,14-15,17-19H2,1-5H3/t28-/m1/s1. The topological polar surface area (TPSA) is 83.1 Å². The lowest BCUT2D eigenvalue weighted by Gasteiger charge is -2.39. The van der Waals surface area contributed by atoms with Crippen LogP contribution in [0.1, 0.15) is 57.6 Å². The second-order valence-corrected chi connectivity index (χ2v) is 10.4. The van der Waals surface area contributed by atoms with Gasteiger partial charge in [-0.2, -0.15) is 0 Å². The fourth-order valence-electron chi connectivity index (χ4n) is 5.17. The first-order valence-corrected chi connectivity index (χ1v) is 13.1. The second kappa shape index (κ2) is 11.9. The van der Waals surface area contributed by atoms with Crippen molar-refractivity contribution in [3.63, 3.8) is 0 Å². The van der Waals surface area contributed by atoms with E-state index in [0.29, 0.717) is 61.0 Å². The van der Waals surface area contributed by atoms with Gasteiger partial charge in [-0.15, -0.1) is 0 Å². The highest BCUT2D eigenvalue weighted by atomic mass is 16.6. The van der Waals surface area contributed by atoms with Crippen LogP contribution in [0.25, 0.3) is 0 Å². The fraction of sp³-hybridized carbons (Fsp3) is 0.419. The van der Waals surface area contributed by atoms with Gasteiger partial charge >= 0.3 is 5.97 Å². The number of carbonyl (C=O) groups is 2. The van der Waals surface area contributed by atoms with Crippen molar-refractivity contribution in [1.82, 2.24) is 5.32 Å². The minimum atomic E-state index is -0.577. The minimum absolute atomic E-state index is 0.0317. The molecule has 1 heterocycles. The number of carbonyl (C=O) groups excluding carboxylic acids is 2. The summed E-state index contributed by atoms with van der Waals surface area (Å²) in [4.78, 5) is 26.9. The van der Waals surface area contributed by atoms with Crippen molar-refractivity contribution in [2.75, 3.05) is 26.9 Å². The van der Waals surface area contributed by atoms with Gasteiger partial charge in [-0.1, -0.05) is 50.2 Å². The number of allylic oxidation sites excluding steroid dienone is 3. The summed E-state index contributed by atoms with van der Waals surface area (Å²) in [5.41, 5.74) is 4.23. The molecular formula is C31H37NO6. The SMILES string of the molecule is CCOCCOC(=O)C1=C(C)NC2=C(C(=O)CC(C)(C)C2)[C@@H]1c1ccc(OCc2ccccc2)c(OC)c1. The first-order chi connectivity index (χ1) is 18.2. The third-order valence-corrected chi connectivity index (χ3v) is 6.88. The average Bonchev–Trinajstić information content (AvgIpc) is 2.88. The lowest BCUT2D eigenvalue weighted by atomic mass is 9.68. The Hall–Kier alpha value is -3.58. The molecule has 2 aromatic rings. The van der Waals surface area contributed by atoms with E-state index in [4.69, 9.17) is 18.9 Å². The molecule has 0 bridgehead atoms. The van der Waals surface area contributed by atoms with Gasteiger partial charge in [-0.25, -0.2) is 4.79 Å². The molecule has 2 aromatic carbocycles. The largest absolute Gasteiger partial charge is 0.493 e. The minimum Gasteiger partial charge on any atom is -0.493 e. The van der Waals surface area contributed by atoms with Crippen LogP contribution in [-0.4, -0.2) is 38.7 Å². The van der Waals surface area contributed by atoms with E-state index in [1.165, 1.54) is 0 Å². The number of rotatable bonds is 10. The van der Waals surface area contributed by atoms with Crippen LogP contribution in [0, 0.1) is 5.41 Å². The van der Waals surface area contributed by atoms with Gasteiger partial charge in [-0.05, 0) is 48.9 Å². The Balaban J connectivity index is 1.71. The van der Waals surface area contributed by atoms with Crippen molar-refractivity contribution in [2.45, 2.75) is 53.1 Å². The molecule has 38 heavy (non-hydrogen) atoms. The number of ketones is 1. The van der Waals surface area contributed by atoms with Crippen LogP contribution in [0.2, 0.25) is 0 Å². The summed E-state index contributed by atoms with van der Waals surface area (Å²) in [6.45, 7) is 9.31. The highest BCUT2D eigenvalue weighted by Gasteiger charge is 2.43. The molecule has 7 heteroatoms. The molecule has 4 rings (SSSR count). The Morgan fingerprint density at radius 3 is 2.53 bits per heavy atom. The quantitative estimate of drug-likeness (QED) is 0.330. The van der Waals surface area contributed by atoms with Crippen LogP contribution >= 0.6 is 0 Å². The molecule has 1 atom stereocenters. The van der Waals surface area contributed by atoms with Gasteiger partial charge in [0.05, 0.1) is 19.3 Å². The van der Waals surface area contributed by atoms with Gasteiger partial charge in [0.15, 0.2) is 17.3 Å². The van der Waals surface area contributed by atoms with Crippen LogP contribution in [0.3, 0.4) is 0 Å². The van der Waals surface area contributed by atoms with Gasteiger partial charge in [0.2, 0.25) is 0 Å². The molecule has 1 N–H and O–H groups in total. The summed E-state index contributed by atoms with van der Waals surface area (Å²) in [7, 11) is 1.58. The lowest BCUT2D eigenvalue weighted by molar-refractivity contribution is -0.140. The normalized spacial score (nSPS) is 18.6. The monoisotopic (exact) mass is 519 g/mol. The Labute approximate surface area is 224 Å². The number of hydrogen-bond acceptors (Lipinski definition) is 7. The summed E-state index contributed by atoms with van der Waals surface area (Å²) < 4.78 is 22.6. The Bertz CT molecular complexity index is 1240. The maximum absolute atomic E-state index is 13.5. The Morgan fingerprint density at radius 1 is 1.05 bits per heavy atom. The summed E-state index contributed by atoms with van der Waals surface area (Å²) in [5.74, 6) is 0.105. The van der Waals surface area contributed by atoms with E-state index in [9.17, 15) is 9.59 Å². The zero-order valence-corrected chi connectivity index (χ0v) is 22.9. The number of hydrogen-bond donors (Lipinski definition) is 1. The number of methoxy groups -OCH3 is 1. The molecule has 202 valence electrons. The third-order valence-electron chi connectivity index (χ3n) is 6.88. The van der Waals surface area contributed by atoms with E-state index in [0.717, 1.165) is 16.8 Å². The number of dihydropyridines is 1. The van der Waals surface area contributed by atoms with Crippen molar-refractivity contribution in [3.8, 4) is 11.5 Å². The predicted molar refractivity (Wildman–Crippen MR) is 145 cm³/mol. The molecule has 2 aliphatic rings. The highest BCUT2D eigenvalue weighted by Crippen LogP contribution is 2.48. The van der Waals surface area contributed by atoms with Crippen molar-refractivity contribution in [1.29, 1.82) is 0 Å².